The second kappa shape index (κ2) is 9.86. The summed E-state index contributed by atoms with van der Waals surface area (Å²) in [5.41, 5.74) is 6.05. The van der Waals surface area contributed by atoms with Gasteiger partial charge in [-0.15, -0.1) is 0 Å². The van der Waals surface area contributed by atoms with Crippen LogP contribution in [0.3, 0.4) is 0 Å². The van der Waals surface area contributed by atoms with Crippen LogP contribution in [0.15, 0.2) is 47.1 Å². The van der Waals surface area contributed by atoms with E-state index in [9.17, 15) is 14.4 Å². The molecule has 6 heteroatoms. The van der Waals surface area contributed by atoms with E-state index in [0.717, 1.165) is 43.4 Å². The van der Waals surface area contributed by atoms with Crippen molar-refractivity contribution in [3.63, 3.8) is 0 Å². The van der Waals surface area contributed by atoms with E-state index in [0.29, 0.717) is 18.3 Å². The van der Waals surface area contributed by atoms with Crippen molar-refractivity contribution in [2.24, 2.45) is 23.2 Å². The fraction of sp³-hybridized carbons (Fsp3) is 0.581. The van der Waals surface area contributed by atoms with E-state index in [1.54, 1.807) is 13.2 Å². The zero-order valence-corrected chi connectivity index (χ0v) is 22.7. The molecule has 1 aromatic rings. The quantitative estimate of drug-likeness (QED) is 0.505. The summed E-state index contributed by atoms with van der Waals surface area (Å²) in [5, 5.41) is 0. The maximum Gasteiger partial charge on any atom is 0.303 e. The van der Waals surface area contributed by atoms with Crippen LogP contribution in [0.5, 0.6) is 0 Å². The van der Waals surface area contributed by atoms with E-state index < -0.39 is 12.1 Å². The summed E-state index contributed by atoms with van der Waals surface area (Å²) in [6.45, 7) is 3.88. The predicted octanol–water partition coefficient (Wildman–Crippen LogP) is 5.03. The standard InChI is InChI=1S/C31H39NO5/c1-18(33)37-29-15-23-20(14-27(29)34)8-11-22-25-12-13-26(28(35)17-36-5)31(25,2)16-24(30(22)23)19-6-9-21(10-7-19)32(3)4/h6-7,9-10,14,22,24-26,29H,8,11-13,15-17H2,1-5H3/t22-,24+,25-,26+,29?,31-/m0/s1. The number of hydrogen-bond donors (Lipinski definition) is 0. The molecule has 37 heavy (non-hydrogen) atoms. The lowest BCUT2D eigenvalue weighted by atomic mass is 9.51. The van der Waals surface area contributed by atoms with Gasteiger partial charge in [0.25, 0.3) is 0 Å². The van der Waals surface area contributed by atoms with Gasteiger partial charge in [-0.25, -0.2) is 0 Å². The Labute approximate surface area is 220 Å². The normalized spacial score (nSPS) is 32.7. The van der Waals surface area contributed by atoms with Crippen LogP contribution in [0, 0.1) is 23.2 Å². The van der Waals surface area contributed by atoms with Crippen molar-refractivity contribution < 1.29 is 23.9 Å². The number of ketones is 2. The fourth-order valence-electron chi connectivity index (χ4n) is 8.01. The Morgan fingerprint density at radius 3 is 2.49 bits per heavy atom. The summed E-state index contributed by atoms with van der Waals surface area (Å²) in [5.74, 6) is 0.636. The molecular weight excluding hydrogens is 466 g/mol. The lowest BCUT2D eigenvalue weighted by Crippen LogP contribution is -2.46. The molecule has 2 fully saturated rings. The van der Waals surface area contributed by atoms with Crippen LogP contribution in [0.4, 0.5) is 5.69 Å². The van der Waals surface area contributed by atoms with Crippen molar-refractivity contribution in [1.29, 1.82) is 0 Å². The van der Waals surface area contributed by atoms with Crippen molar-refractivity contribution in [2.75, 3.05) is 32.7 Å². The van der Waals surface area contributed by atoms with Crippen molar-refractivity contribution in [3.05, 3.63) is 52.6 Å². The number of esters is 1. The lowest BCUT2D eigenvalue weighted by molar-refractivity contribution is -0.151. The number of Topliss-reactive ketones (excluding diaryl/α,β-unsaturated/α-hetero) is 1. The summed E-state index contributed by atoms with van der Waals surface area (Å²) < 4.78 is 10.7. The first kappa shape index (κ1) is 25.9. The van der Waals surface area contributed by atoms with Gasteiger partial charge in [-0.1, -0.05) is 24.6 Å². The molecule has 4 aliphatic carbocycles. The van der Waals surface area contributed by atoms with Crippen LogP contribution < -0.4 is 4.90 Å². The molecule has 0 aliphatic heterocycles. The van der Waals surface area contributed by atoms with E-state index in [1.165, 1.54) is 23.6 Å². The Morgan fingerprint density at radius 2 is 1.84 bits per heavy atom. The second-order valence-corrected chi connectivity index (χ2v) is 11.8. The minimum atomic E-state index is -0.743. The first-order valence-electron chi connectivity index (χ1n) is 13.6. The molecule has 0 N–H and O–H groups in total. The summed E-state index contributed by atoms with van der Waals surface area (Å²) in [4.78, 5) is 39.8. The highest BCUT2D eigenvalue weighted by Gasteiger charge is 2.58. The third kappa shape index (κ3) is 4.47. The van der Waals surface area contributed by atoms with Gasteiger partial charge in [-0.2, -0.15) is 0 Å². The number of ether oxygens (including phenoxy) is 2. The molecule has 0 amide bonds. The largest absolute Gasteiger partial charge is 0.454 e. The van der Waals surface area contributed by atoms with Crippen LogP contribution in [0.1, 0.15) is 63.9 Å². The van der Waals surface area contributed by atoms with Crippen LogP contribution in [-0.2, 0) is 23.9 Å². The van der Waals surface area contributed by atoms with Gasteiger partial charge in [0.1, 0.15) is 6.61 Å². The molecule has 0 radical (unpaired) electrons. The van der Waals surface area contributed by atoms with Crippen molar-refractivity contribution in [2.45, 2.75) is 64.4 Å². The third-order valence-corrected chi connectivity index (χ3v) is 9.59. The number of nitrogens with zero attached hydrogens (tertiary/aromatic N) is 1. The zero-order chi connectivity index (χ0) is 26.5. The Bertz CT molecular complexity index is 1160. The molecule has 6 atom stereocenters. The number of benzene rings is 1. The Hall–Kier alpha value is -2.73. The van der Waals surface area contributed by atoms with E-state index in [2.05, 4.69) is 36.1 Å². The molecule has 0 heterocycles. The van der Waals surface area contributed by atoms with Crippen LogP contribution in [0.2, 0.25) is 0 Å². The molecule has 0 spiro atoms. The number of carbonyl (C=O) groups is 3. The topological polar surface area (TPSA) is 72.9 Å². The smallest absolute Gasteiger partial charge is 0.303 e. The highest BCUT2D eigenvalue weighted by molar-refractivity contribution is 5.98. The van der Waals surface area contributed by atoms with Gasteiger partial charge in [-0.05, 0) is 84.3 Å². The summed E-state index contributed by atoms with van der Waals surface area (Å²) in [7, 11) is 5.68. The van der Waals surface area contributed by atoms with Gasteiger partial charge in [0.15, 0.2) is 17.7 Å². The molecule has 4 aliphatic rings. The van der Waals surface area contributed by atoms with Crippen LogP contribution in [0.25, 0.3) is 0 Å². The molecule has 0 bridgehead atoms. The molecular formula is C31H39NO5. The Balaban J connectivity index is 1.63. The number of methoxy groups -OCH3 is 1. The average Bonchev–Trinajstić information content (AvgIpc) is 3.21. The number of hydrogen-bond acceptors (Lipinski definition) is 6. The molecule has 1 unspecified atom stereocenters. The van der Waals surface area contributed by atoms with E-state index in [-0.39, 0.29) is 35.4 Å². The minimum Gasteiger partial charge on any atom is -0.454 e. The zero-order valence-electron chi connectivity index (χ0n) is 22.7. The van der Waals surface area contributed by atoms with Gasteiger partial charge < -0.3 is 14.4 Å². The number of carbonyl (C=O) groups excluding carboxylic acids is 3. The summed E-state index contributed by atoms with van der Waals surface area (Å²) >= 11 is 0. The lowest BCUT2D eigenvalue weighted by Gasteiger charge is -2.52. The SMILES string of the molecule is COCC(=O)[C@H]1CC[C@H]2[C@@H]3CCC4=CC(=O)C(OC(C)=O)CC4=C3[C@@H](c3ccc(N(C)C)cc3)C[C@]12C. The maximum absolute atomic E-state index is 13.2. The van der Waals surface area contributed by atoms with Gasteiger partial charge in [0, 0.05) is 52.1 Å². The van der Waals surface area contributed by atoms with E-state index in [1.807, 2.05) is 14.1 Å². The van der Waals surface area contributed by atoms with Crippen LogP contribution in [-0.4, -0.2) is 51.5 Å². The first-order chi connectivity index (χ1) is 17.6. The highest BCUT2D eigenvalue weighted by atomic mass is 16.5. The Morgan fingerprint density at radius 1 is 1.11 bits per heavy atom. The number of fused-ring (bicyclic) bond motifs is 4. The van der Waals surface area contributed by atoms with Gasteiger partial charge in [-0.3, -0.25) is 14.4 Å². The number of rotatable bonds is 6. The van der Waals surface area contributed by atoms with Crippen molar-refractivity contribution in [3.8, 4) is 0 Å². The van der Waals surface area contributed by atoms with Crippen molar-refractivity contribution >= 4 is 23.2 Å². The van der Waals surface area contributed by atoms with Crippen molar-refractivity contribution in [1.82, 2.24) is 0 Å². The highest BCUT2D eigenvalue weighted by Crippen LogP contribution is 2.65. The maximum atomic E-state index is 13.2. The number of allylic oxidation sites excluding steroid dienone is 2. The molecule has 0 saturated heterocycles. The molecule has 2 saturated carbocycles. The minimum absolute atomic E-state index is 0.00576. The Kier molecular flexibility index (Phi) is 6.90. The molecule has 1 aromatic carbocycles. The molecule has 6 nitrogen and oxygen atoms in total. The summed E-state index contributed by atoms with van der Waals surface area (Å²) in [6.07, 6.45) is 6.14. The third-order valence-electron chi connectivity index (χ3n) is 9.59. The van der Waals surface area contributed by atoms with Gasteiger partial charge >= 0.3 is 5.97 Å². The molecule has 198 valence electrons. The molecule has 0 aromatic heterocycles. The molecule has 5 rings (SSSR count). The number of anilines is 1. The van der Waals surface area contributed by atoms with E-state index in [4.69, 9.17) is 9.47 Å². The first-order valence-corrected chi connectivity index (χ1v) is 13.6. The average molecular weight is 506 g/mol. The predicted molar refractivity (Wildman–Crippen MR) is 142 cm³/mol. The van der Waals surface area contributed by atoms with Crippen LogP contribution >= 0.6 is 0 Å². The van der Waals surface area contributed by atoms with Gasteiger partial charge in [0.05, 0.1) is 0 Å². The second-order valence-electron chi connectivity index (χ2n) is 11.8. The van der Waals surface area contributed by atoms with E-state index >= 15 is 0 Å². The fourth-order valence-corrected chi connectivity index (χ4v) is 8.01. The monoisotopic (exact) mass is 505 g/mol. The summed E-state index contributed by atoms with van der Waals surface area (Å²) in [6, 6.07) is 8.78. The van der Waals surface area contributed by atoms with Gasteiger partial charge in [0.2, 0.25) is 0 Å².